The summed E-state index contributed by atoms with van der Waals surface area (Å²) < 4.78 is 11.4. The number of benzene rings is 1. The molecule has 1 aliphatic rings. The van der Waals surface area contributed by atoms with Gasteiger partial charge in [0.25, 0.3) is 5.91 Å². The molecule has 1 N–H and O–H groups in total. The number of nitrogens with one attached hydrogen (secondary N) is 1. The van der Waals surface area contributed by atoms with Crippen molar-refractivity contribution in [1.29, 1.82) is 0 Å². The Labute approximate surface area is 124 Å². The molecule has 20 heavy (non-hydrogen) atoms. The summed E-state index contributed by atoms with van der Waals surface area (Å²) in [7, 11) is 0. The van der Waals surface area contributed by atoms with Crippen LogP contribution in [-0.2, 0) is 9.53 Å². The molecule has 2 heterocycles. The van der Waals surface area contributed by atoms with Crippen molar-refractivity contribution in [3.63, 3.8) is 0 Å². The van der Waals surface area contributed by atoms with E-state index in [0.717, 1.165) is 22.9 Å². The van der Waals surface area contributed by atoms with Crippen LogP contribution in [0.4, 0.5) is 5.88 Å². The fourth-order valence-electron chi connectivity index (χ4n) is 2.12. The van der Waals surface area contributed by atoms with Crippen molar-refractivity contribution in [1.82, 2.24) is 5.16 Å². The molecule has 0 radical (unpaired) electrons. The SMILES string of the molecule is O=C(Nc1cc(-c2ccccc2Br)no1)[C@H]1CCCO1. The Morgan fingerprint density at radius 1 is 1.40 bits per heavy atom. The zero-order chi connectivity index (χ0) is 13.9. The van der Waals surface area contributed by atoms with Crippen LogP contribution in [0.1, 0.15) is 12.8 Å². The zero-order valence-electron chi connectivity index (χ0n) is 10.6. The highest BCUT2D eigenvalue weighted by atomic mass is 79.9. The summed E-state index contributed by atoms with van der Waals surface area (Å²) in [5.74, 6) is 0.147. The number of aromatic nitrogens is 1. The van der Waals surface area contributed by atoms with Gasteiger partial charge in [0.1, 0.15) is 11.8 Å². The lowest BCUT2D eigenvalue weighted by Gasteiger charge is -2.06. The van der Waals surface area contributed by atoms with Gasteiger partial charge in [-0.1, -0.05) is 39.3 Å². The Kier molecular flexibility index (Phi) is 3.84. The molecule has 0 saturated carbocycles. The molecule has 1 amide bonds. The molecular formula is C14H13BrN2O3. The number of carbonyl (C=O) groups excluding carboxylic acids is 1. The van der Waals surface area contributed by atoms with Gasteiger partial charge in [-0.25, -0.2) is 0 Å². The lowest BCUT2D eigenvalue weighted by atomic mass is 10.1. The molecule has 3 rings (SSSR count). The Morgan fingerprint density at radius 2 is 2.25 bits per heavy atom. The monoisotopic (exact) mass is 336 g/mol. The van der Waals surface area contributed by atoms with Gasteiger partial charge in [-0.2, -0.15) is 0 Å². The average molecular weight is 337 g/mol. The second kappa shape index (κ2) is 5.76. The van der Waals surface area contributed by atoms with Crippen LogP contribution in [0.2, 0.25) is 0 Å². The number of rotatable bonds is 3. The number of halogens is 1. The molecule has 1 aliphatic heterocycles. The van der Waals surface area contributed by atoms with E-state index in [1.807, 2.05) is 24.3 Å². The summed E-state index contributed by atoms with van der Waals surface area (Å²) in [4.78, 5) is 11.9. The lowest BCUT2D eigenvalue weighted by molar-refractivity contribution is -0.124. The first-order valence-electron chi connectivity index (χ1n) is 6.38. The Balaban J connectivity index is 1.74. The maximum absolute atomic E-state index is 11.9. The van der Waals surface area contributed by atoms with Crippen LogP contribution in [0.15, 0.2) is 39.3 Å². The van der Waals surface area contributed by atoms with Crippen LogP contribution in [-0.4, -0.2) is 23.8 Å². The van der Waals surface area contributed by atoms with Gasteiger partial charge in [0, 0.05) is 22.7 Å². The van der Waals surface area contributed by atoms with Gasteiger partial charge in [-0.05, 0) is 18.9 Å². The van der Waals surface area contributed by atoms with Crippen LogP contribution in [0, 0.1) is 0 Å². The Bertz CT molecular complexity index is 620. The van der Waals surface area contributed by atoms with Gasteiger partial charge >= 0.3 is 0 Å². The maximum atomic E-state index is 11.9. The van der Waals surface area contributed by atoms with Crippen LogP contribution in [0.25, 0.3) is 11.3 Å². The smallest absolute Gasteiger partial charge is 0.255 e. The van der Waals surface area contributed by atoms with Crippen molar-refractivity contribution < 1.29 is 14.1 Å². The van der Waals surface area contributed by atoms with Gasteiger partial charge in [-0.15, -0.1) is 0 Å². The molecule has 5 nitrogen and oxygen atoms in total. The molecule has 6 heteroatoms. The maximum Gasteiger partial charge on any atom is 0.255 e. The molecule has 0 spiro atoms. The molecule has 1 atom stereocenters. The first kappa shape index (κ1) is 13.3. The number of carbonyl (C=O) groups is 1. The molecule has 0 bridgehead atoms. The molecule has 104 valence electrons. The van der Waals surface area contributed by atoms with E-state index in [0.29, 0.717) is 18.2 Å². The summed E-state index contributed by atoms with van der Waals surface area (Å²) in [5.41, 5.74) is 1.58. The number of amides is 1. The van der Waals surface area contributed by atoms with Crippen molar-refractivity contribution in [3.05, 3.63) is 34.8 Å². The number of hydrogen-bond acceptors (Lipinski definition) is 4. The van der Waals surface area contributed by atoms with E-state index in [-0.39, 0.29) is 12.0 Å². The third-order valence-corrected chi connectivity index (χ3v) is 3.82. The highest BCUT2D eigenvalue weighted by Gasteiger charge is 2.24. The molecular weight excluding hydrogens is 324 g/mol. The Hall–Kier alpha value is -1.66. The third kappa shape index (κ3) is 2.76. The lowest BCUT2D eigenvalue weighted by Crippen LogP contribution is -2.26. The highest BCUT2D eigenvalue weighted by molar-refractivity contribution is 9.10. The van der Waals surface area contributed by atoms with E-state index in [4.69, 9.17) is 9.26 Å². The number of nitrogens with zero attached hydrogens (tertiary/aromatic N) is 1. The largest absolute Gasteiger partial charge is 0.368 e. The minimum atomic E-state index is -0.382. The summed E-state index contributed by atoms with van der Waals surface area (Å²) in [5, 5.41) is 6.65. The van der Waals surface area contributed by atoms with Crippen molar-refractivity contribution in [3.8, 4) is 11.3 Å². The standard InChI is InChI=1S/C14H13BrN2O3/c15-10-5-2-1-4-9(10)11-8-13(20-17-11)16-14(18)12-6-3-7-19-12/h1-2,4-5,8,12H,3,6-7H2,(H,16,18)/t12-/m1/s1. The van der Waals surface area contributed by atoms with Crippen LogP contribution in [0.5, 0.6) is 0 Å². The summed E-state index contributed by atoms with van der Waals surface area (Å²) in [6, 6.07) is 9.39. The molecule has 1 aromatic carbocycles. The highest BCUT2D eigenvalue weighted by Crippen LogP contribution is 2.28. The average Bonchev–Trinajstić information content (AvgIpc) is 3.10. The van der Waals surface area contributed by atoms with Gasteiger partial charge in [0.15, 0.2) is 0 Å². The van der Waals surface area contributed by atoms with Gasteiger partial charge < -0.3 is 9.26 Å². The minimum Gasteiger partial charge on any atom is -0.368 e. The quantitative estimate of drug-likeness (QED) is 0.934. The molecule has 2 aromatic rings. The third-order valence-electron chi connectivity index (χ3n) is 3.13. The van der Waals surface area contributed by atoms with E-state index < -0.39 is 0 Å². The second-order valence-corrected chi connectivity index (χ2v) is 5.40. The van der Waals surface area contributed by atoms with Crippen LogP contribution < -0.4 is 5.32 Å². The molecule has 1 saturated heterocycles. The Morgan fingerprint density at radius 3 is 3.00 bits per heavy atom. The topological polar surface area (TPSA) is 64.4 Å². The first-order valence-corrected chi connectivity index (χ1v) is 7.17. The number of ether oxygens (including phenoxy) is 1. The molecule has 0 aliphatic carbocycles. The van der Waals surface area contributed by atoms with E-state index in [1.54, 1.807) is 6.07 Å². The molecule has 1 aromatic heterocycles. The predicted octanol–water partition coefficient (Wildman–Crippen LogP) is 3.22. The van der Waals surface area contributed by atoms with Gasteiger partial charge in [-0.3, -0.25) is 10.1 Å². The van der Waals surface area contributed by atoms with Crippen molar-refractivity contribution in [2.75, 3.05) is 11.9 Å². The summed E-state index contributed by atoms with van der Waals surface area (Å²) in [6.07, 6.45) is 1.28. The van der Waals surface area contributed by atoms with Crippen LogP contribution >= 0.6 is 15.9 Å². The van der Waals surface area contributed by atoms with Crippen molar-refractivity contribution in [2.24, 2.45) is 0 Å². The van der Waals surface area contributed by atoms with Crippen LogP contribution in [0.3, 0.4) is 0 Å². The fraction of sp³-hybridized carbons (Fsp3) is 0.286. The zero-order valence-corrected chi connectivity index (χ0v) is 12.2. The van der Waals surface area contributed by atoms with E-state index in [9.17, 15) is 4.79 Å². The molecule has 0 unspecified atom stereocenters. The van der Waals surface area contributed by atoms with E-state index >= 15 is 0 Å². The van der Waals surface area contributed by atoms with Gasteiger partial charge in [0.05, 0.1) is 0 Å². The summed E-state index contributed by atoms with van der Waals surface area (Å²) in [6.45, 7) is 0.636. The summed E-state index contributed by atoms with van der Waals surface area (Å²) >= 11 is 3.46. The van der Waals surface area contributed by atoms with Gasteiger partial charge in [0.2, 0.25) is 5.88 Å². The van der Waals surface area contributed by atoms with E-state index in [2.05, 4.69) is 26.4 Å². The number of anilines is 1. The second-order valence-electron chi connectivity index (χ2n) is 4.55. The fourth-order valence-corrected chi connectivity index (χ4v) is 2.60. The predicted molar refractivity (Wildman–Crippen MR) is 77.2 cm³/mol. The number of hydrogen-bond donors (Lipinski definition) is 1. The minimum absolute atomic E-state index is 0.183. The normalized spacial score (nSPS) is 18.1. The first-order chi connectivity index (χ1) is 9.74. The molecule has 1 fully saturated rings. The van der Waals surface area contributed by atoms with Crippen molar-refractivity contribution >= 4 is 27.7 Å². The van der Waals surface area contributed by atoms with Crippen molar-refractivity contribution in [2.45, 2.75) is 18.9 Å². The van der Waals surface area contributed by atoms with E-state index in [1.165, 1.54) is 0 Å².